The van der Waals surface area contributed by atoms with Gasteiger partial charge in [-0.05, 0) is 12.5 Å². The van der Waals surface area contributed by atoms with Gasteiger partial charge in [0.2, 0.25) is 0 Å². The van der Waals surface area contributed by atoms with Crippen molar-refractivity contribution in [2.24, 2.45) is 0 Å². The Morgan fingerprint density at radius 3 is 2.65 bits per heavy atom. The maximum absolute atomic E-state index is 5.60. The van der Waals surface area contributed by atoms with E-state index < -0.39 is 0 Å². The van der Waals surface area contributed by atoms with Crippen LogP contribution in [0.2, 0.25) is 0 Å². The first-order valence-electron chi connectivity index (χ1n) is 7.15. The molecule has 2 rings (SSSR count). The second kappa shape index (κ2) is 7.10. The van der Waals surface area contributed by atoms with Gasteiger partial charge in [0.15, 0.2) is 0 Å². The van der Waals surface area contributed by atoms with Crippen molar-refractivity contribution < 1.29 is 4.42 Å². The van der Waals surface area contributed by atoms with Gasteiger partial charge in [-0.1, -0.05) is 44.2 Å². The van der Waals surface area contributed by atoms with E-state index in [1.54, 1.807) is 6.26 Å². The van der Waals surface area contributed by atoms with Gasteiger partial charge in [-0.3, -0.25) is 0 Å². The van der Waals surface area contributed by atoms with E-state index in [2.05, 4.69) is 60.2 Å². The number of nitrogens with one attached hydrogen (secondary N) is 1. The molecular formula is C16H23N3O. The van der Waals surface area contributed by atoms with Crippen LogP contribution in [0.3, 0.4) is 0 Å². The molecule has 0 amide bonds. The molecule has 0 spiro atoms. The van der Waals surface area contributed by atoms with Gasteiger partial charge in [0.05, 0.1) is 5.69 Å². The van der Waals surface area contributed by atoms with E-state index in [1.165, 1.54) is 5.56 Å². The Bertz CT molecular complexity index is 507. The topological polar surface area (TPSA) is 41.3 Å². The van der Waals surface area contributed by atoms with Crippen LogP contribution in [0.4, 0.5) is 6.01 Å². The summed E-state index contributed by atoms with van der Waals surface area (Å²) in [5.41, 5.74) is 2.20. The van der Waals surface area contributed by atoms with Crippen molar-refractivity contribution in [2.75, 3.05) is 11.4 Å². The zero-order valence-corrected chi connectivity index (χ0v) is 12.5. The zero-order valence-electron chi connectivity index (χ0n) is 12.5. The lowest BCUT2D eigenvalue weighted by Gasteiger charge is -2.18. The monoisotopic (exact) mass is 273 g/mol. The molecule has 0 saturated heterocycles. The maximum Gasteiger partial charge on any atom is 0.297 e. The van der Waals surface area contributed by atoms with Crippen LogP contribution in [-0.4, -0.2) is 17.6 Å². The van der Waals surface area contributed by atoms with E-state index >= 15 is 0 Å². The summed E-state index contributed by atoms with van der Waals surface area (Å²) in [4.78, 5) is 6.68. The van der Waals surface area contributed by atoms with Gasteiger partial charge in [0.1, 0.15) is 6.26 Å². The average molecular weight is 273 g/mol. The van der Waals surface area contributed by atoms with Crippen molar-refractivity contribution in [1.82, 2.24) is 10.3 Å². The van der Waals surface area contributed by atoms with Crippen molar-refractivity contribution >= 4 is 6.01 Å². The fourth-order valence-corrected chi connectivity index (χ4v) is 1.95. The smallest absolute Gasteiger partial charge is 0.297 e. The lowest BCUT2D eigenvalue weighted by molar-refractivity contribution is 0.531. The zero-order chi connectivity index (χ0) is 14.4. The first-order valence-corrected chi connectivity index (χ1v) is 7.15. The molecule has 108 valence electrons. The molecule has 0 saturated carbocycles. The molecule has 0 aliphatic heterocycles. The summed E-state index contributed by atoms with van der Waals surface area (Å²) in [5, 5.41) is 3.34. The lowest BCUT2D eigenvalue weighted by Crippen LogP contribution is -2.23. The number of anilines is 1. The fraction of sp³-hybridized carbons (Fsp3) is 0.438. The molecule has 0 unspecified atom stereocenters. The van der Waals surface area contributed by atoms with Crippen LogP contribution in [0.5, 0.6) is 0 Å². The molecule has 0 aliphatic carbocycles. The number of aromatic nitrogens is 1. The third-order valence-corrected chi connectivity index (χ3v) is 3.10. The molecule has 1 aromatic carbocycles. The van der Waals surface area contributed by atoms with Crippen LogP contribution >= 0.6 is 0 Å². The normalized spacial score (nSPS) is 11.0. The molecule has 20 heavy (non-hydrogen) atoms. The summed E-state index contributed by atoms with van der Waals surface area (Å²) < 4.78 is 5.60. The second-order valence-electron chi connectivity index (χ2n) is 5.16. The highest BCUT2D eigenvalue weighted by Gasteiger charge is 2.12. The quantitative estimate of drug-likeness (QED) is 0.841. The summed E-state index contributed by atoms with van der Waals surface area (Å²) in [6.45, 7) is 8.77. The number of rotatable bonds is 7. The van der Waals surface area contributed by atoms with E-state index in [9.17, 15) is 0 Å². The second-order valence-corrected chi connectivity index (χ2v) is 5.16. The van der Waals surface area contributed by atoms with Gasteiger partial charge < -0.3 is 14.6 Å². The highest BCUT2D eigenvalue weighted by molar-refractivity contribution is 5.30. The fourth-order valence-electron chi connectivity index (χ4n) is 1.95. The number of hydrogen-bond acceptors (Lipinski definition) is 4. The molecule has 0 atom stereocenters. The van der Waals surface area contributed by atoms with E-state index in [4.69, 9.17) is 4.42 Å². The van der Waals surface area contributed by atoms with Crippen LogP contribution in [0.1, 0.15) is 32.0 Å². The first-order chi connectivity index (χ1) is 9.69. The predicted octanol–water partition coefficient (Wildman–Crippen LogP) is 3.20. The highest BCUT2D eigenvalue weighted by atomic mass is 16.4. The van der Waals surface area contributed by atoms with Gasteiger partial charge in [-0.15, -0.1) is 0 Å². The van der Waals surface area contributed by atoms with E-state index in [1.807, 2.05) is 6.07 Å². The molecule has 0 radical (unpaired) electrons. The molecule has 2 aromatic rings. The minimum Gasteiger partial charge on any atom is -0.432 e. The number of benzene rings is 1. The SMILES string of the molecule is CCN(Cc1ccccc1)c1nc(CNC(C)C)co1. The summed E-state index contributed by atoms with van der Waals surface area (Å²) in [5.74, 6) is 0. The van der Waals surface area contributed by atoms with Gasteiger partial charge >= 0.3 is 0 Å². The molecule has 1 N–H and O–H groups in total. The van der Waals surface area contributed by atoms with Gasteiger partial charge in [-0.25, -0.2) is 0 Å². The Balaban J connectivity index is 2.01. The Labute approximate surface area is 120 Å². The van der Waals surface area contributed by atoms with Crippen molar-refractivity contribution in [1.29, 1.82) is 0 Å². The molecular weight excluding hydrogens is 250 g/mol. The lowest BCUT2D eigenvalue weighted by atomic mass is 10.2. The Morgan fingerprint density at radius 1 is 1.25 bits per heavy atom. The highest BCUT2D eigenvalue weighted by Crippen LogP contribution is 2.16. The molecule has 4 heteroatoms. The number of nitrogens with zero attached hydrogens (tertiary/aromatic N) is 2. The molecule has 0 bridgehead atoms. The van der Waals surface area contributed by atoms with Crippen molar-refractivity contribution in [3.05, 3.63) is 47.9 Å². The van der Waals surface area contributed by atoms with Crippen molar-refractivity contribution in [3.63, 3.8) is 0 Å². The molecule has 1 heterocycles. The standard InChI is InChI=1S/C16H23N3O/c1-4-19(11-14-8-6-5-7-9-14)16-18-15(12-20-16)10-17-13(2)3/h5-9,12-13,17H,4,10-11H2,1-3H3. The number of hydrogen-bond donors (Lipinski definition) is 1. The van der Waals surface area contributed by atoms with Gasteiger partial charge in [-0.2, -0.15) is 4.98 Å². The van der Waals surface area contributed by atoms with Crippen LogP contribution in [0, 0.1) is 0 Å². The van der Waals surface area contributed by atoms with Crippen LogP contribution in [-0.2, 0) is 13.1 Å². The first kappa shape index (κ1) is 14.6. The molecule has 0 fully saturated rings. The maximum atomic E-state index is 5.60. The Morgan fingerprint density at radius 2 is 2.00 bits per heavy atom. The number of oxazole rings is 1. The molecule has 0 aliphatic rings. The summed E-state index contributed by atoms with van der Waals surface area (Å²) >= 11 is 0. The van der Waals surface area contributed by atoms with Gasteiger partial charge in [0.25, 0.3) is 6.01 Å². The minimum absolute atomic E-state index is 0.446. The predicted molar refractivity (Wildman–Crippen MR) is 81.6 cm³/mol. The van der Waals surface area contributed by atoms with Gasteiger partial charge in [0, 0.05) is 25.7 Å². The minimum atomic E-state index is 0.446. The van der Waals surface area contributed by atoms with Crippen LogP contribution in [0.25, 0.3) is 0 Å². The Hall–Kier alpha value is -1.81. The van der Waals surface area contributed by atoms with Crippen LogP contribution < -0.4 is 10.2 Å². The third-order valence-electron chi connectivity index (χ3n) is 3.10. The summed E-state index contributed by atoms with van der Waals surface area (Å²) in [7, 11) is 0. The van der Waals surface area contributed by atoms with E-state index in [0.717, 1.165) is 25.3 Å². The summed E-state index contributed by atoms with van der Waals surface area (Å²) in [6, 6.07) is 11.5. The van der Waals surface area contributed by atoms with Crippen LogP contribution in [0.15, 0.2) is 41.0 Å². The average Bonchev–Trinajstić information content (AvgIpc) is 2.92. The Kier molecular flexibility index (Phi) is 5.18. The van der Waals surface area contributed by atoms with E-state index in [0.29, 0.717) is 12.1 Å². The largest absolute Gasteiger partial charge is 0.432 e. The van der Waals surface area contributed by atoms with Crippen molar-refractivity contribution in [2.45, 2.75) is 39.9 Å². The third kappa shape index (κ3) is 4.10. The summed E-state index contributed by atoms with van der Waals surface area (Å²) in [6.07, 6.45) is 1.73. The molecule has 4 nitrogen and oxygen atoms in total. The molecule has 1 aromatic heterocycles. The van der Waals surface area contributed by atoms with E-state index in [-0.39, 0.29) is 0 Å². The van der Waals surface area contributed by atoms with Crippen molar-refractivity contribution in [3.8, 4) is 0 Å².